The number of halogens is 1. The maximum absolute atomic E-state index is 13.5. The van der Waals surface area contributed by atoms with Crippen LogP contribution in [-0.4, -0.2) is 10.9 Å². The van der Waals surface area contributed by atoms with E-state index in [0.717, 1.165) is 6.07 Å². The van der Waals surface area contributed by atoms with Crippen molar-refractivity contribution in [1.82, 2.24) is 4.98 Å². The van der Waals surface area contributed by atoms with Crippen LogP contribution in [0.3, 0.4) is 0 Å². The molecule has 0 saturated carbocycles. The van der Waals surface area contributed by atoms with Gasteiger partial charge in [0.15, 0.2) is 5.75 Å². The average molecular weight is 247 g/mol. The lowest BCUT2D eigenvalue weighted by Crippen LogP contribution is -2.12. The zero-order valence-electron chi connectivity index (χ0n) is 9.26. The van der Waals surface area contributed by atoms with Crippen LogP contribution in [0.25, 0.3) is 0 Å². The van der Waals surface area contributed by atoms with Crippen molar-refractivity contribution in [2.45, 2.75) is 0 Å². The Bertz CT molecular complexity index is 602. The molecule has 0 saturated heterocycles. The Morgan fingerprint density at radius 1 is 1.33 bits per heavy atom. The summed E-state index contributed by atoms with van der Waals surface area (Å²) < 4.78 is 18.8. The molecule has 5 nitrogen and oxygen atoms in total. The SMILES string of the molecule is NC(=O)c1ccc(Oc2ccncc2N)cc1F. The number of ether oxygens (including phenoxy) is 1. The number of anilines is 1. The Labute approximate surface area is 102 Å². The van der Waals surface area contributed by atoms with E-state index in [9.17, 15) is 9.18 Å². The minimum Gasteiger partial charge on any atom is -0.455 e. The highest BCUT2D eigenvalue weighted by Crippen LogP contribution is 2.27. The van der Waals surface area contributed by atoms with Gasteiger partial charge >= 0.3 is 0 Å². The van der Waals surface area contributed by atoms with E-state index in [0.29, 0.717) is 11.4 Å². The Kier molecular flexibility index (Phi) is 3.09. The molecule has 1 amide bonds. The third-order valence-electron chi connectivity index (χ3n) is 2.24. The number of pyridine rings is 1. The summed E-state index contributed by atoms with van der Waals surface area (Å²) in [6, 6.07) is 5.31. The van der Waals surface area contributed by atoms with Gasteiger partial charge in [-0.15, -0.1) is 0 Å². The van der Waals surface area contributed by atoms with Gasteiger partial charge in [0, 0.05) is 18.3 Å². The fraction of sp³-hybridized carbons (Fsp3) is 0. The van der Waals surface area contributed by atoms with Gasteiger partial charge in [0.1, 0.15) is 11.6 Å². The number of aromatic nitrogens is 1. The fourth-order valence-electron chi connectivity index (χ4n) is 1.37. The van der Waals surface area contributed by atoms with Gasteiger partial charge in [-0.1, -0.05) is 0 Å². The first-order chi connectivity index (χ1) is 8.58. The average Bonchev–Trinajstić information content (AvgIpc) is 2.32. The number of nitrogen functional groups attached to an aromatic ring is 1. The van der Waals surface area contributed by atoms with Crippen molar-refractivity contribution in [2.24, 2.45) is 5.73 Å². The number of hydrogen-bond donors (Lipinski definition) is 2. The van der Waals surface area contributed by atoms with Crippen LogP contribution in [0.1, 0.15) is 10.4 Å². The highest BCUT2D eigenvalue weighted by Gasteiger charge is 2.10. The van der Waals surface area contributed by atoms with E-state index in [2.05, 4.69) is 4.98 Å². The van der Waals surface area contributed by atoms with Crippen LogP contribution in [-0.2, 0) is 0 Å². The maximum Gasteiger partial charge on any atom is 0.251 e. The Morgan fingerprint density at radius 3 is 2.72 bits per heavy atom. The summed E-state index contributed by atoms with van der Waals surface area (Å²) >= 11 is 0. The zero-order chi connectivity index (χ0) is 13.1. The lowest BCUT2D eigenvalue weighted by Gasteiger charge is -2.08. The molecule has 0 bridgehead atoms. The van der Waals surface area contributed by atoms with Crippen LogP contribution < -0.4 is 16.2 Å². The van der Waals surface area contributed by atoms with Gasteiger partial charge < -0.3 is 16.2 Å². The molecule has 2 rings (SSSR count). The standard InChI is InChI=1S/C12H10FN3O2/c13-9-5-7(1-2-8(9)12(15)17)18-11-3-4-16-6-10(11)14/h1-6H,14H2,(H2,15,17). The molecular formula is C12H10FN3O2. The summed E-state index contributed by atoms with van der Waals surface area (Å²) in [5.41, 5.74) is 10.8. The van der Waals surface area contributed by atoms with Crippen LogP contribution >= 0.6 is 0 Å². The van der Waals surface area contributed by atoms with Gasteiger partial charge in [-0.25, -0.2) is 4.39 Å². The third kappa shape index (κ3) is 2.37. The van der Waals surface area contributed by atoms with Crippen molar-refractivity contribution >= 4 is 11.6 Å². The number of carbonyl (C=O) groups is 1. The van der Waals surface area contributed by atoms with Crippen molar-refractivity contribution in [3.05, 3.63) is 48.0 Å². The van der Waals surface area contributed by atoms with Crippen LogP contribution in [0.15, 0.2) is 36.7 Å². The smallest absolute Gasteiger partial charge is 0.251 e. The lowest BCUT2D eigenvalue weighted by molar-refractivity contribution is 0.0996. The number of hydrogen-bond acceptors (Lipinski definition) is 4. The van der Waals surface area contributed by atoms with E-state index < -0.39 is 11.7 Å². The Morgan fingerprint density at radius 2 is 2.11 bits per heavy atom. The minimum atomic E-state index is -0.831. The van der Waals surface area contributed by atoms with E-state index in [-0.39, 0.29) is 11.3 Å². The van der Waals surface area contributed by atoms with Crippen molar-refractivity contribution < 1.29 is 13.9 Å². The van der Waals surface area contributed by atoms with Gasteiger partial charge in [0.2, 0.25) is 0 Å². The molecule has 92 valence electrons. The molecule has 2 aromatic rings. The quantitative estimate of drug-likeness (QED) is 0.863. The van der Waals surface area contributed by atoms with E-state index in [4.69, 9.17) is 16.2 Å². The second kappa shape index (κ2) is 4.70. The van der Waals surface area contributed by atoms with Gasteiger partial charge in [-0.2, -0.15) is 0 Å². The molecule has 4 N–H and O–H groups in total. The number of nitrogens with two attached hydrogens (primary N) is 2. The zero-order valence-corrected chi connectivity index (χ0v) is 9.26. The van der Waals surface area contributed by atoms with Crippen LogP contribution in [0.2, 0.25) is 0 Å². The van der Waals surface area contributed by atoms with E-state index in [1.54, 1.807) is 6.07 Å². The predicted molar refractivity (Wildman–Crippen MR) is 63.6 cm³/mol. The summed E-state index contributed by atoms with van der Waals surface area (Å²) in [6.07, 6.45) is 2.92. The maximum atomic E-state index is 13.5. The number of carbonyl (C=O) groups excluding carboxylic acids is 1. The first-order valence-electron chi connectivity index (χ1n) is 5.04. The summed E-state index contributed by atoms with van der Waals surface area (Å²) in [5.74, 6) is -0.998. The molecule has 1 aromatic heterocycles. The topological polar surface area (TPSA) is 91.2 Å². The summed E-state index contributed by atoms with van der Waals surface area (Å²) in [6.45, 7) is 0. The summed E-state index contributed by atoms with van der Waals surface area (Å²) in [7, 11) is 0. The van der Waals surface area contributed by atoms with Gasteiger partial charge in [0.25, 0.3) is 5.91 Å². The molecule has 0 unspecified atom stereocenters. The van der Waals surface area contributed by atoms with Gasteiger partial charge in [0.05, 0.1) is 17.4 Å². The molecule has 0 fully saturated rings. The molecule has 6 heteroatoms. The molecular weight excluding hydrogens is 237 g/mol. The fourth-order valence-corrected chi connectivity index (χ4v) is 1.37. The van der Waals surface area contributed by atoms with Gasteiger partial charge in [-0.05, 0) is 12.1 Å². The molecule has 1 aromatic carbocycles. The second-order valence-corrected chi connectivity index (χ2v) is 3.52. The molecule has 0 spiro atoms. The highest BCUT2D eigenvalue weighted by atomic mass is 19.1. The van der Waals surface area contributed by atoms with Crippen molar-refractivity contribution in [3.63, 3.8) is 0 Å². The molecule has 0 aliphatic heterocycles. The van der Waals surface area contributed by atoms with Crippen molar-refractivity contribution in [3.8, 4) is 11.5 Å². The van der Waals surface area contributed by atoms with Crippen molar-refractivity contribution in [1.29, 1.82) is 0 Å². The monoisotopic (exact) mass is 247 g/mol. The van der Waals surface area contributed by atoms with E-state index in [1.807, 2.05) is 0 Å². The normalized spacial score (nSPS) is 10.1. The number of rotatable bonds is 3. The number of benzene rings is 1. The van der Waals surface area contributed by atoms with E-state index in [1.165, 1.54) is 24.5 Å². The lowest BCUT2D eigenvalue weighted by atomic mass is 10.2. The third-order valence-corrected chi connectivity index (χ3v) is 2.24. The number of primary amides is 1. The van der Waals surface area contributed by atoms with Gasteiger partial charge in [-0.3, -0.25) is 9.78 Å². The highest BCUT2D eigenvalue weighted by molar-refractivity contribution is 5.93. The second-order valence-electron chi connectivity index (χ2n) is 3.52. The minimum absolute atomic E-state index is 0.190. The Hall–Kier alpha value is -2.63. The summed E-state index contributed by atoms with van der Waals surface area (Å²) in [5, 5.41) is 0. The largest absolute Gasteiger partial charge is 0.455 e. The number of nitrogens with zero attached hydrogens (tertiary/aromatic N) is 1. The van der Waals surface area contributed by atoms with Crippen molar-refractivity contribution in [2.75, 3.05) is 5.73 Å². The number of amides is 1. The summed E-state index contributed by atoms with van der Waals surface area (Å²) in [4.78, 5) is 14.7. The molecule has 0 aliphatic carbocycles. The van der Waals surface area contributed by atoms with Crippen LogP contribution in [0, 0.1) is 5.82 Å². The van der Waals surface area contributed by atoms with Crippen LogP contribution in [0.4, 0.5) is 10.1 Å². The first-order valence-corrected chi connectivity index (χ1v) is 5.04. The molecule has 0 atom stereocenters. The first kappa shape index (κ1) is 11.8. The van der Waals surface area contributed by atoms with Crippen LogP contribution in [0.5, 0.6) is 11.5 Å². The molecule has 18 heavy (non-hydrogen) atoms. The molecule has 0 radical (unpaired) electrons. The predicted octanol–water partition coefficient (Wildman–Crippen LogP) is 1.69. The molecule has 1 heterocycles. The molecule has 0 aliphatic rings. The Balaban J connectivity index is 2.29. The van der Waals surface area contributed by atoms with E-state index >= 15 is 0 Å².